The predicted octanol–water partition coefficient (Wildman–Crippen LogP) is 5.24. The molecule has 0 unspecified atom stereocenters. The van der Waals surface area contributed by atoms with E-state index in [-0.39, 0.29) is 0 Å². The van der Waals surface area contributed by atoms with E-state index in [4.69, 9.17) is 4.98 Å². The highest BCUT2D eigenvalue weighted by atomic mass is 79.9. The normalized spacial score (nSPS) is 11.7. The molecule has 17 heavy (non-hydrogen) atoms. The average Bonchev–Trinajstić information content (AvgIpc) is 2.26. The van der Waals surface area contributed by atoms with Crippen LogP contribution in [0.1, 0.15) is 50.7 Å². The molecule has 0 N–H and O–H groups in total. The van der Waals surface area contributed by atoms with E-state index >= 15 is 0 Å². The lowest BCUT2D eigenvalue weighted by Crippen LogP contribution is -1.97. The summed E-state index contributed by atoms with van der Waals surface area (Å²) in [6.07, 6.45) is 0. The van der Waals surface area contributed by atoms with Gasteiger partial charge in [0, 0.05) is 5.39 Å². The summed E-state index contributed by atoms with van der Waals surface area (Å²) in [4.78, 5) is 4.73. The molecule has 2 heteroatoms. The lowest BCUT2D eigenvalue weighted by Gasteiger charge is -2.13. The average molecular weight is 292 g/mol. The number of pyridine rings is 1. The number of halogens is 1. The van der Waals surface area contributed by atoms with Crippen molar-refractivity contribution in [1.29, 1.82) is 0 Å². The van der Waals surface area contributed by atoms with Crippen LogP contribution in [0.4, 0.5) is 0 Å². The molecular formula is C15H18BrN. The number of aromatic nitrogens is 1. The lowest BCUT2D eigenvalue weighted by atomic mass is 9.97. The predicted molar refractivity (Wildman–Crippen MR) is 77.6 cm³/mol. The standard InChI is InChI=1S/C15H18BrN/c1-9(2)12-7-5-6-11-8-13(10(3)4)15(16)17-14(11)12/h5-10H,1-4H3. The molecule has 0 aliphatic carbocycles. The van der Waals surface area contributed by atoms with Crippen LogP contribution in [0.2, 0.25) is 0 Å². The number of hydrogen-bond donors (Lipinski definition) is 0. The molecule has 0 fully saturated rings. The number of fused-ring (bicyclic) bond motifs is 1. The maximum absolute atomic E-state index is 4.73. The molecule has 0 saturated heterocycles. The van der Waals surface area contributed by atoms with Crippen molar-refractivity contribution in [3.05, 3.63) is 40.0 Å². The van der Waals surface area contributed by atoms with Gasteiger partial charge in [-0.2, -0.15) is 0 Å². The van der Waals surface area contributed by atoms with Crippen molar-refractivity contribution in [2.24, 2.45) is 0 Å². The number of hydrogen-bond acceptors (Lipinski definition) is 1. The molecule has 2 aromatic rings. The van der Waals surface area contributed by atoms with Crippen LogP contribution in [0.25, 0.3) is 10.9 Å². The Labute approximate surface area is 111 Å². The van der Waals surface area contributed by atoms with E-state index < -0.39 is 0 Å². The largest absolute Gasteiger partial charge is 0.240 e. The van der Waals surface area contributed by atoms with Gasteiger partial charge in [-0.1, -0.05) is 45.9 Å². The zero-order valence-corrected chi connectivity index (χ0v) is 12.4. The lowest BCUT2D eigenvalue weighted by molar-refractivity contribution is 0.848. The van der Waals surface area contributed by atoms with Crippen LogP contribution in [-0.4, -0.2) is 4.98 Å². The maximum atomic E-state index is 4.73. The molecule has 1 aromatic carbocycles. The monoisotopic (exact) mass is 291 g/mol. The van der Waals surface area contributed by atoms with Crippen molar-refractivity contribution in [3.8, 4) is 0 Å². The minimum absolute atomic E-state index is 0.490. The van der Waals surface area contributed by atoms with E-state index in [0.29, 0.717) is 11.8 Å². The molecule has 0 saturated carbocycles. The quantitative estimate of drug-likeness (QED) is 0.689. The Kier molecular flexibility index (Phi) is 3.53. The first-order valence-corrected chi connectivity index (χ1v) is 6.89. The van der Waals surface area contributed by atoms with Crippen molar-refractivity contribution >= 4 is 26.8 Å². The second-order valence-corrected chi connectivity index (χ2v) is 5.85. The molecule has 2 rings (SSSR count). The van der Waals surface area contributed by atoms with Crippen LogP contribution in [0.5, 0.6) is 0 Å². The Bertz CT molecular complexity index is 544. The Morgan fingerprint density at radius 2 is 1.65 bits per heavy atom. The van der Waals surface area contributed by atoms with Crippen molar-refractivity contribution < 1.29 is 0 Å². The van der Waals surface area contributed by atoms with Crippen molar-refractivity contribution in [2.75, 3.05) is 0 Å². The van der Waals surface area contributed by atoms with Crippen LogP contribution in [0.15, 0.2) is 28.9 Å². The van der Waals surface area contributed by atoms with Gasteiger partial charge in [0.05, 0.1) is 5.52 Å². The Morgan fingerprint density at radius 3 is 2.24 bits per heavy atom. The van der Waals surface area contributed by atoms with Gasteiger partial charge in [0.2, 0.25) is 0 Å². The Balaban J connectivity index is 2.73. The molecule has 0 atom stereocenters. The van der Waals surface area contributed by atoms with Gasteiger partial charge in [0.25, 0.3) is 0 Å². The van der Waals surface area contributed by atoms with Gasteiger partial charge in [-0.05, 0) is 45.0 Å². The van der Waals surface area contributed by atoms with Gasteiger partial charge in [-0.15, -0.1) is 0 Å². The van der Waals surface area contributed by atoms with E-state index in [0.717, 1.165) is 10.1 Å². The van der Waals surface area contributed by atoms with E-state index in [9.17, 15) is 0 Å². The van der Waals surface area contributed by atoms with Crippen molar-refractivity contribution in [3.63, 3.8) is 0 Å². The molecule has 1 heterocycles. The topological polar surface area (TPSA) is 12.9 Å². The fourth-order valence-electron chi connectivity index (χ4n) is 2.09. The molecule has 0 spiro atoms. The number of para-hydroxylation sites is 1. The van der Waals surface area contributed by atoms with E-state index in [2.05, 4.69) is 67.9 Å². The molecule has 0 aliphatic heterocycles. The third-order valence-electron chi connectivity index (χ3n) is 3.10. The van der Waals surface area contributed by atoms with Crippen LogP contribution in [-0.2, 0) is 0 Å². The summed E-state index contributed by atoms with van der Waals surface area (Å²) >= 11 is 3.59. The maximum Gasteiger partial charge on any atom is 0.110 e. The first kappa shape index (κ1) is 12.6. The van der Waals surface area contributed by atoms with Crippen molar-refractivity contribution in [2.45, 2.75) is 39.5 Å². The smallest absolute Gasteiger partial charge is 0.110 e. The summed E-state index contributed by atoms with van der Waals surface area (Å²) in [5.41, 5.74) is 3.72. The Morgan fingerprint density at radius 1 is 1.00 bits per heavy atom. The van der Waals surface area contributed by atoms with Crippen LogP contribution in [0.3, 0.4) is 0 Å². The summed E-state index contributed by atoms with van der Waals surface area (Å²) in [5, 5.41) is 1.24. The number of nitrogens with zero attached hydrogens (tertiary/aromatic N) is 1. The van der Waals surface area contributed by atoms with Gasteiger partial charge in [0.15, 0.2) is 0 Å². The third kappa shape index (κ3) is 2.37. The highest BCUT2D eigenvalue weighted by Crippen LogP contribution is 2.30. The van der Waals surface area contributed by atoms with Gasteiger partial charge in [0.1, 0.15) is 4.60 Å². The molecule has 1 aromatic heterocycles. The second-order valence-electron chi connectivity index (χ2n) is 5.10. The van der Waals surface area contributed by atoms with Gasteiger partial charge < -0.3 is 0 Å². The molecule has 0 aliphatic rings. The SMILES string of the molecule is CC(C)c1cc2cccc(C(C)C)c2nc1Br. The fraction of sp³-hybridized carbons (Fsp3) is 0.400. The van der Waals surface area contributed by atoms with Crippen LogP contribution >= 0.6 is 15.9 Å². The van der Waals surface area contributed by atoms with Gasteiger partial charge in [-0.3, -0.25) is 0 Å². The minimum Gasteiger partial charge on any atom is -0.240 e. The fourth-order valence-corrected chi connectivity index (χ4v) is 2.84. The van der Waals surface area contributed by atoms with Crippen molar-refractivity contribution in [1.82, 2.24) is 4.98 Å². The van der Waals surface area contributed by atoms with Crippen LogP contribution in [0, 0.1) is 0 Å². The molecule has 90 valence electrons. The highest BCUT2D eigenvalue weighted by molar-refractivity contribution is 9.10. The Hall–Kier alpha value is -0.890. The summed E-state index contributed by atoms with van der Waals surface area (Å²) in [6.45, 7) is 8.81. The highest BCUT2D eigenvalue weighted by Gasteiger charge is 2.11. The first-order chi connectivity index (χ1) is 8.00. The van der Waals surface area contributed by atoms with E-state index in [1.54, 1.807) is 0 Å². The number of rotatable bonds is 2. The summed E-state index contributed by atoms with van der Waals surface area (Å²) in [5.74, 6) is 0.993. The van der Waals surface area contributed by atoms with E-state index in [1.165, 1.54) is 16.5 Å². The zero-order valence-electron chi connectivity index (χ0n) is 10.8. The molecule has 0 radical (unpaired) electrons. The zero-order chi connectivity index (χ0) is 12.6. The summed E-state index contributed by atoms with van der Waals surface area (Å²) in [6, 6.07) is 8.69. The molecule has 0 bridgehead atoms. The molecule has 1 nitrogen and oxygen atoms in total. The molecule has 0 amide bonds. The van der Waals surface area contributed by atoms with Gasteiger partial charge >= 0.3 is 0 Å². The third-order valence-corrected chi connectivity index (χ3v) is 3.74. The summed E-state index contributed by atoms with van der Waals surface area (Å²) < 4.78 is 0.980. The summed E-state index contributed by atoms with van der Waals surface area (Å²) in [7, 11) is 0. The second kappa shape index (κ2) is 4.77. The van der Waals surface area contributed by atoms with E-state index in [1.807, 2.05) is 0 Å². The van der Waals surface area contributed by atoms with Gasteiger partial charge in [-0.25, -0.2) is 4.98 Å². The first-order valence-electron chi connectivity index (χ1n) is 6.09. The minimum atomic E-state index is 0.490. The number of benzene rings is 1. The molecular weight excluding hydrogens is 274 g/mol. The van der Waals surface area contributed by atoms with Crippen LogP contribution < -0.4 is 0 Å².